The Balaban J connectivity index is 2.22. The molecule has 0 spiro atoms. The van der Waals surface area contributed by atoms with E-state index in [1.807, 2.05) is 19.1 Å². The van der Waals surface area contributed by atoms with E-state index >= 15 is 0 Å². The number of pyridine rings is 1. The van der Waals surface area contributed by atoms with E-state index in [0.717, 1.165) is 23.0 Å². The van der Waals surface area contributed by atoms with Crippen molar-refractivity contribution in [2.24, 2.45) is 0 Å². The zero-order valence-electron chi connectivity index (χ0n) is 9.79. The van der Waals surface area contributed by atoms with Gasteiger partial charge in [0.1, 0.15) is 5.75 Å². The minimum absolute atomic E-state index is 0.200. The first-order chi connectivity index (χ1) is 8.48. The molecule has 0 N–H and O–H groups in total. The molecule has 0 saturated carbocycles. The number of rotatable bonds is 3. The van der Waals surface area contributed by atoms with Crippen LogP contribution in [-0.4, -0.2) is 17.8 Å². The van der Waals surface area contributed by atoms with Crippen molar-refractivity contribution in [1.82, 2.24) is 4.98 Å². The Morgan fingerprint density at radius 1 is 1.17 bits per heavy atom. The Kier molecular flexibility index (Phi) is 3.41. The minimum Gasteiger partial charge on any atom is -0.484 e. The van der Waals surface area contributed by atoms with Gasteiger partial charge in [0, 0.05) is 11.1 Å². The van der Waals surface area contributed by atoms with E-state index in [-0.39, 0.29) is 5.75 Å². The normalized spacial score (nSPS) is 11.8. The number of hydrogen-bond acceptors (Lipinski definition) is 2. The lowest BCUT2D eigenvalue weighted by molar-refractivity contribution is -0.153. The Morgan fingerprint density at radius 2 is 1.94 bits per heavy atom. The fourth-order valence-corrected chi connectivity index (χ4v) is 1.60. The van der Waals surface area contributed by atoms with Crippen LogP contribution in [0.3, 0.4) is 0 Å². The molecule has 0 atom stereocenters. The Labute approximate surface area is 102 Å². The summed E-state index contributed by atoms with van der Waals surface area (Å²) in [5.41, 5.74) is 1.71. The molecule has 0 radical (unpaired) electrons. The van der Waals surface area contributed by atoms with E-state index in [1.54, 1.807) is 12.1 Å². The van der Waals surface area contributed by atoms with Gasteiger partial charge in [-0.2, -0.15) is 13.2 Å². The third-order valence-corrected chi connectivity index (χ3v) is 2.48. The molecule has 0 aliphatic rings. The zero-order valence-corrected chi connectivity index (χ0v) is 9.79. The van der Waals surface area contributed by atoms with Crippen LogP contribution < -0.4 is 4.74 Å². The van der Waals surface area contributed by atoms with Crippen molar-refractivity contribution in [3.8, 4) is 5.75 Å². The fraction of sp³-hybridized carbons (Fsp3) is 0.308. The molecule has 0 bridgehead atoms. The second-order valence-corrected chi connectivity index (χ2v) is 3.91. The number of aromatic nitrogens is 1. The zero-order chi connectivity index (χ0) is 13.2. The molecule has 0 fully saturated rings. The summed E-state index contributed by atoms with van der Waals surface area (Å²) in [5.74, 6) is 0.200. The lowest BCUT2D eigenvalue weighted by Crippen LogP contribution is -2.19. The van der Waals surface area contributed by atoms with E-state index in [9.17, 15) is 13.2 Å². The van der Waals surface area contributed by atoms with E-state index < -0.39 is 12.8 Å². The molecule has 1 heterocycles. The number of ether oxygens (including phenoxy) is 1. The molecule has 0 aliphatic heterocycles. The molecule has 0 saturated heterocycles. The van der Waals surface area contributed by atoms with Crippen molar-refractivity contribution < 1.29 is 17.9 Å². The molecular formula is C13H12F3NO. The summed E-state index contributed by atoms with van der Waals surface area (Å²) >= 11 is 0. The highest BCUT2D eigenvalue weighted by molar-refractivity contribution is 5.80. The van der Waals surface area contributed by atoms with Gasteiger partial charge >= 0.3 is 6.18 Å². The number of hydrogen-bond donors (Lipinski definition) is 0. The molecule has 0 amide bonds. The maximum absolute atomic E-state index is 12.0. The summed E-state index contributed by atoms with van der Waals surface area (Å²) in [5, 5.41) is 0.770. The monoisotopic (exact) mass is 255 g/mol. The quantitative estimate of drug-likeness (QED) is 0.833. The van der Waals surface area contributed by atoms with Gasteiger partial charge in [0.25, 0.3) is 0 Å². The number of nitrogens with zero attached hydrogens (tertiary/aromatic N) is 1. The van der Waals surface area contributed by atoms with Crippen LogP contribution in [0.25, 0.3) is 10.9 Å². The van der Waals surface area contributed by atoms with Crippen LogP contribution in [0.15, 0.2) is 30.3 Å². The van der Waals surface area contributed by atoms with Crippen molar-refractivity contribution in [2.75, 3.05) is 6.61 Å². The first kappa shape index (κ1) is 12.7. The SMILES string of the molecule is CCc1ccc2cc(OCC(F)(F)F)ccc2n1. The van der Waals surface area contributed by atoms with Gasteiger partial charge in [-0.15, -0.1) is 0 Å². The highest BCUT2D eigenvalue weighted by Gasteiger charge is 2.28. The van der Waals surface area contributed by atoms with E-state index in [1.165, 1.54) is 6.07 Å². The largest absolute Gasteiger partial charge is 0.484 e. The molecule has 18 heavy (non-hydrogen) atoms. The number of fused-ring (bicyclic) bond motifs is 1. The van der Waals surface area contributed by atoms with Gasteiger partial charge in [-0.25, -0.2) is 0 Å². The molecule has 2 rings (SSSR count). The summed E-state index contributed by atoms with van der Waals surface area (Å²) < 4.78 is 40.7. The molecule has 2 nitrogen and oxygen atoms in total. The van der Waals surface area contributed by atoms with Gasteiger partial charge in [-0.3, -0.25) is 4.98 Å². The second-order valence-electron chi connectivity index (χ2n) is 3.91. The van der Waals surface area contributed by atoms with Crippen LogP contribution in [0.1, 0.15) is 12.6 Å². The van der Waals surface area contributed by atoms with Crippen LogP contribution in [0.4, 0.5) is 13.2 Å². The lowest BCUT2D eigenvalue weighted by atomic mass is 10.2. The maximum Gasteiger partial charge on any atom is 0.422 e. The standard InChI is InChI=1S/C13H12F3NO/c1-2-10-4-3-9-7-11(5-6-12(9)17-10)18-8-13(14,15)16/h3-7H,2,8H2,1H3. The molecule has 96 valence electrons. The van der Waals surface area contributed by atoms with Gasteiger partial charge in [0.15, 0.2) is 6.61 Å². The van der Waals surface area contributed by atoms with Crippen molar-refractivity contribution in [2.45, 2.75) is 19.5 Å². The van der Waals surface area contributed by atoms with Crippen molar-refractivity contribution in [3.05, 3.63) is 36.0 Å². The lowest BCUT2D eigenvalue weighted by Gasteiger charge is -2.09. The van der Waals surface area contributed by atoms with Crippen LogP contribution in [0, 0.1) is 0 Å². The Morgan fingerprint density at radius 3 is 2.61 bits per heavy atom. The summed E-state index contributed by atoms with van der Waals surface area (Å²) in [6, 6.07) is 8.42. The highest BCUT2D eigenvalue weighted by atomic mass is 19.4. The molecule has 0 aliphatic carbocycles. The van der Waals surface area contributed by atoms with Gasteiger partial charge < -0.3 is 4.74 Å². The fourth-order valence-electron chi connectivity index (χ4n) is 1.60. The predicted octanol–water partition coefficient (Wildman–Crippen LogP) is 3.74. The minimum atomic E-state index is -4.32. The summed E-state index contributed by atoms with van der Waals surface area (Å²) in [6.07, 6.45) is -3.50. The Hall–Kier alpha value is -1.78. The molecule has 5 heteroatoms. The first-order valence-corrected chi connectivity index (χ1v) is 5.57. The van der Waals surface area contributed by atoms with E-state index in [0.29, 0.717) is 0 Å². The number of halogens is 3. The smallest absolute Gasteiger partial charge is 0.422 e. The topological polar surface area (TPSA) is 22.1 Å². The molecule has 2 aromatic rings. The third-order valence-electron chi connectivity index (χ3n) is 2.48. The van der Waals surface area contributed by atoms with Crippen LogP contribution in [-0.2, 0) is 6.42 Å². The molecule has 0 unspecified atom stereocenters. The van der Waals surface area contributed by atoms with Crippen molar-refractivity contribution in [1.29, 1.82) is 0 Å². The van der Waals surface area contributed by atoms with Crippen molar-refractivity contribution in [3.63, 3.8) is 0 Å². The van der Waals surface area contributed by atoms with Gasteiger partial charge in [0.2, 0.25) is 0 Å². The third kappa shape index (κ3) is 3.12. The van der Waals surface area contributed by atoms with E-state index in [4.69, 9.17) is 0 Å². The van der Waals surface area contributed by atoms with Crippen LogP contribution in [0.5, 0.6) is 5.75 Å². The van der Waals surface area contributed by atoms with Crippen molar-refractivity contribution >= 4 is 10.9 Å². The molecule has 1 aromatic heterocycles. The van der Waals surface area contributed by atoms with E-state index in [2.05, 4.69) is 9.72 Å². The van der Waals surface area contributed by atoms with Gasteiger partial charge in [-0.05, 0) is 30.7 Å². The average molecular weight is 255 g/mol. The van der Waals surface area contributed by atoms with Gasteiger partial charge in [0.05, 0.1) is 5.52 Å². The summed E-state index contributed by atoms with van der Waals surface area (Å²) in [4.78, 5) is 4.37. The maximum atomic E-state index is 12.0. The number of aryl methyl sites for hydroxylation is 1. The van der Waals surface area contributed by atoms with Crippen LogP contribution in [0.2, 0.25) is 0 Å². The number of benzene rings is 1. The average Bonchev–Trinajstić information content (AvgIpc) is 2.34. The van der Waals surface area contributed by atoms with Crippen LogP contribution >= 0.6 is 0 Å². The van der Waals surface area contributed by atoms with Gasteiger partial charge in [-0.1, -0.05) is 13.0 Å². The molecular weight excluding hydrogens is 243 g/mol. The highest BCUT2D eigenvalue weighted by Crippen LogP contribution is 2.22. The Bertz CT molecular complexity index is 551. The summed E-state index contributed by atoms with van der Waals surface area (Å²) in [7, 11) is 0. The predicted molar refractivity (Wildman–Crippen MR) is 62.7 cm³/mol. The molecule has 1 aromatic carbocycles. The first-order valence-electron chi connectivity index (χ1n) is 5.57. The number of alkyl halides is 3. The second kappa shape index (κ2) is 4.84. The summed E-state index contributed by atoms with van der Waals surface area (Å²) in [6.45, 7) is 0.716.